The number of carbonyl (C=O) groups is 1. The van der Waals surface area contributed by atoms with Crippen LogP contribution in [-0.4, -0.2) is 58.9 Å². The molecule has 2 aromatic heterocycles. The van der Waals surface area contributed by atoms with Crippen LogP contribution in [0.3, 0.4) is 0 Å². The zero-order chi connectivity index (χ0) is 16.5. The number of aldehydes is 1. The van der Waals surface area contributed by atoms with Crippen molar-refractivity contribution in [3.05, 3.63) is 48.4 Å². The number of imidazole rings is 1. The number of carbonyl (C=O) groups excluding carboxylic acids is 1. The topological polar surface area (TPSA) is 54.3 Å². The molecule has 0 unspecified atom stereocenters. The normalized spacial score (nSPS) is 15.8. The molecule has 1 saturated heterocycles. The van der Waals surface area contributed by atoms with Crippen molar-refractivity contribution >= 4 is 23.1 Å². The van der Waals surface area contributed by atoms with Gasteiger partial charge in [-0.25, -0.2) is 9.97 Å². The van der Waals surface area contributed by atoms with E-state index in [0.29, 0.717) is 5.56 Å². The lowest BCUT2D eigenvalue weighted by molar-refractivity contribution is 0.112. The van der Waals surface area contributed by atoms with Gasteiger partial charge in [-0.3, -0.25) is 9.36 Å². The molecule has 0 radical (unpaired) electrons. The Hall–Kier alpha value is -2.73. The molecular formula is C18H19N5O. The van der Waals surface area contributed by atoms with E-state index in [2.05, 4.69) is 38.9 Å². The molecule has 0 N–H and O–H groups in total. The molecule has 1 aromatic carbocycles. The van der Waals surface area contributed by atoms with Gasteiger partial charge in [-0.1, -0.05) is 0 Å². The maximum atomic E-state index is 11.0. The fourth-order valence-electron chi connectivity index (χ4n) is 3.05. The van der Waals surface area contributed by atoms with Gasteiger partial charge in [0.2, 0.25) is 0 Å². The van der Waals surface area contributed by atoms with Gasteiger partial charge < -0.3 is 9.80 Å². The minimum absolute atomic E-state index is 0.645. The van der Waals surface area contributed by atoms with E-state index < -0.39 is 0 Å². The van der Waals surface area contributed by atoms with Crippen LogP contribution >= 0.6 is 0 Å². The SMILES string of the molecule is CN1CCN(c2ccc(-n3cnc4ccc(C=O)cc43)cn2)CC1. The van der Waals surface area contributed by atoms with Crippen molar-refractivity contribution in [3.8, 4) is 5.69 Å². The van der Waals surface area contributed by atoms with Crippen LogP contribution in [0, 0.1) is 0 Å². The number of anilines is 1. The number of pyridine rings is 1. The molecule has 0 saturated carbocycles. The summed E-state index contributed by atoms with van der Waals surface area (Å²) in [5.41, 5.74) is 3.36. The average molecular weight is 321 g/mol. The number of rotatable bonds is 3. The summed E-state index contributed by atoms with van der Waals surface area (Å²) in [6.07, 6.45) is 4.49. The molecule has 24 heavy (non-hydrogen) atoms. The largest absolute Gasteiger partial charge is 0.354 e. The predicted molar refractivity (Wildman–Crippen MR) is 94.0 cm³/mol. The first-order valence-corrected chi connectivity index (χ1v) is 8.07. The quantitative estimate of drug-likeness (QED) is 0.691. The number of hydrogen-bond donors (Lipinski definition) is 0. The van der Waals surface area contributed by atoms with Crippen LogP contribution in [0.5, 0.6) is 0 Å². The number of piperazine rings is 1. The van der Waals surface area contributed by atoms with Crippen molar-refractivity contribution in [2.45, 2.75) is 0 Å². The summed E-state index contributed by atoms with van der Waals surface area (Å²) in [4.78, 5) is 24.7. The third-order valence-electron chi connectivity index (χ3n) is 4.55. The number of nitrogens with zero attached hydrogens (tertiary/aromatic N) is 5. The van der Waals surface area contributed by atoms with Crippen LogP contribution in [0.25, 0.3) is 16.7 Å². The maximum Gasteiger partial charge on any atom is 0.150 e. The van der Waals surface area contributed by atoms with Gasteiger partial charge in [-0.15, -0.1) is 0 Å². The number of fused-ring (bicyclic) bond motifs is 1. The zero-order valence-corrected chi connectivity index (χ0v) is 13.6. The molecule has 3 heterocycles. The molecule has 122 valence electrons. The maximum absolute atomic E-state index is 11.0. The highest BCUT2D eigenvalue weighted by Gasteiger charge is 2.15. The third kappa shape index (κ3) is 2.65. The molecule has 0 spiro atoms. The van der Waals surface area contributed by atoms with Crippen LogP contribution in [0.2, 0.25) is 0 Å². The van der Waals surface area contributed by atoms with Crippen molar-refractivity contribution in [2.75, 3.05) is 38.1 Å². The highest BCUT2D eigenvalue weighted by Crippen LogP contribution is 2.21. The predicted octanol–water partition coefficient (Wildman–Crippen LogP) is 1.98. The van der Waals surface area contributed by atoms with Gasteiger partial charge in [0.05, 0.1) is 22.9 Å². The molecule has 6 nitrogen and oxygen atoms in total. The molecule has 0 bridgehead atoms. The first kappa shape index (κ1) is 14.8. The Balaban J connectivity index is 1.64. The van der Waals surface area contributed by atoms with Crippen LogP contribution in [0.1, 0.15) is 10.4 Å². The minimum Gasteiger partial charge on any atom is -0.354 e. The molecule has 6 heteroatoms. The van der Waals surface area contributed by atoms with E-state index in [9.17, 15) is 4.79 Å². The van der Waals surface area contributed by atoms with Crippen LogP contribution in [0.15, 0.2) is 42.9 Å². The second kappa shape index (κ2) is 6.05. The number of aromatic nitrogens is 3. The van der Waals surface area contributed by atoms with Crippen LogP contribution < -0.4 is 4.90 Å². The first-order valence-electron chi connectivity index (χ1n) is 8.07. The summed E-state index contributed by atoms with van der Waals surface area (Å²) >= 11 is 0. The highest BCUT2D eigenvalue weighted by molar-refractivity contribution is 5.85. The van der Waals surface area contributed by atoms with Gasteiger partial charge in [0.15, 0.2) is 0 Å². The highest BCUT2D eigenvalue weighted by atomic mass is 16.1. The van der Waals surface area contributed by atoms with Crippen molar-refractivity contribution in [1.82, 2.24) is 19.4 Å². The Morgan fingerprint density at radius 1 is 1.04 bits per heavy atom. The Kier molecular flexibility index (Phi) is 3.74. The van der Waals surface area contributed by atoms with Crippen molar-refractivity contribution in [1.29, 1.82) is 0 Å². The average Bonchev–Trinajstić information content (AvgIpc) is 3.05. The van der Waals surface area contributed by atoms with E-state index in [1.165, 1.54) is 0 Å². The first-order chi connectivity index (χ1) is 11.7. The number of hydrogen-bond acceptors (Lipinski definition) is 5. The molecule has 3 aromatic rings. The lowest BCUT2D eigenvalue weighted by Crippen LogP contribution is -2.44. The molecule has 0 aliphatic carbocycles. The van der Waals surface area contributed by atoms with E-state index in [4.69, 9.17) is 0 Å². The van der Waals surface area contributed by atoms with Gasteiger partial charge in [0.1, 0.15) is 18.4 Å². The van der Waals surface area contributed by atoms with E-state index in [0.717, 1.165) is 55.0 Å². The van der Waals surface area contributed by atoms with Crippen molar-refractivity contribution in [3.63, 3.8) is 0 Å². The fourth-order valence-corrected chi connectivity index (χ4v) is 3.05. The van der Waals surface area contributed by atoms with Crippen LogP contribution in [0.4, 0.5) is 5.82 Å². The van der Waals surface area contributed by atoms with Gasteiger partial charge in [-0.05, 0) is 37.4 Å². The minimum atomic E-state index is 0.645. The van der Waals surface area contributed by atoms with Crippen molar-refractivity contribution < 1.29 is 4.79 Å². The molecule has 0 amide bonds. The van der Waals surface area contributed by atoms with E-state index in [1.807, 2.05) is 22.9 Å². The summed E-state index contributed by atoms with van der Waals surface area (Å²) < 4.78 is 1.96. The van der Waals surface area contributed by atoms with Gasteiger partial charge in [0.25, 0.3) is 0 Å². The monoisotopic (exact) mass is 321 g/mol. The van der Waals surface area contributed by atoms with Gasteiger partial charge in [-0.2, -0.15) is 0 Å². The molecule has 0 atom stereocenters. The summed E-state index contributed by atoms with van der Waals surface area (Å²) in [6, 6.07) is 9.60. The Bertz CT molecular complexity index is 863. The molecule has 1 fully saturated rings. The van der Waals surface area contributed by atoms with E-state index >= 15 is 0 Å². The van der Waals surface area contributed by atoms with E-state index in [-0.39, 0.29) is 0 Å². The van der Waals surface area contributed by atoms with Crippen LogP contribution in [-0.2, 0) is 0 Å². The summed E-state index contributed by atoms with van der Waals surface area (Å²) in [6.45, 7) is 4.12. The fraction of sp³-hybridized carbons (Fsp3) is 0.278. The second-order valence-corrected chi connectivity index (χ2v) is 6.15. The van der Waals surface area contributed by atoms with E-state index in [1.54, 1.807) is 12.4 Å². The third-order valence-corrected chi connectivity index (χ3v) is 4.55. The molecule has 1 aliphatic rings. The lowest BCUT2D eigenvalue weighted by Gasteiger charge is -2.33. The Morgan fingerprint density at radius 3 is 2.58 bits per heavy atom. The molecule has 4 rings (SSSR count). The van der Waals surface area contributed by atoms with Gasteiger partial charge >= 0.3 is 0 Å². The smallest absolute Gasteiger partial charge is 0.150 e. The Labute approximate surface area is 140 Å². The summed E-state index contributed by atoms with van der Waals surface area (Å²) in [5.74, 6) is 1.00. The Morgan fingerprint density at radius 2 is 1.88 bits per heavy atom. The molecular weight excluding hydrogens is 302 g/mol. The number of benzene rings is 1. The molecule has 1 aliphatic heterocycles. The summed E-state index contributed by atoms with van der Waals surface area (Å²) in [5, 5.41) is 0. The lowest BCUT2D eigenvalue weighted by atomic mass is 10.2. The zero-order valence-electron chi connectivity index (χ0n) is 13.6. The second-order valence-electron chi connectivity index (χ2n) is 6.15. The summed E-state index contributed by atoms with van der Waals surface area (Å²) in [7, 11) is 2.14. The standard InChI is InChI=1S/C18H19N5O/c1-21-6-8-22(9-7-21)18-5-3-15(11-19-18)23-13-20-16-4-2-14(12-24)10-17(16)23/h2-5,10-13H,6-9H2,1H3. The van der Waals surface area contributed by atoms with Crippen molar-refractivity contribution in [2.24, 2.45) is 0 Å². The van der Waals surface area contributed by atoms with Gasteiger partial charge in [0, 0.05) is 31.7 Å². The number of likely N-dealkylation sites (N-methyl/N-ethyl adjacent to an activating group) is 1.